The summed E-state index contributed by atoms with van der Waals surface area (Å²) in [5, 5.41) is 8.08. The number of nitrogens with zero attached hydrogens (tertiary/aromatic N) is 2. The molecular formula is C22H20ClN3O3. The van der Waals surface area contributed by atoms with Crippen LogP contribution >= 0.6 is 11.6 Å². The molecule has 0 saturated heterocycles. The molecule has 148 valence electrons. The van der Waals surface area contributed by atoms with Gasteiger partial charge in [-0.05, 0) is 55.8 Å². The van der Waals surface area contributed by atoms with Crippen LogP contribution in [0.3, 0.4) is 0 Å². The number of Topliss-reactive ketones (excluding diaryl/α,β-unsaturated/α-hetero) is 1. The number of ketones is 1. The third kappa shape index (κ3) is 3.40. The predicted octanol–water partition coefficient (Wildman–Crippen LogP) is 4.46. The third-order valence-electron chi connectivity index (χ3n) is 5.19. The minimum atomic E-state index is -0.596. The number of nitrogens with one attached hydrogen (secondary N) is 1. The number of hydrogen-bond donors (Lipinski definition) is 1. The summed E-state index contributed by atoms with van der Waals surface area (Å²) in [6.07, 6.45) is 0.0824. The minimum absolute atomic E-state index is 0.0824. The monoisotopic (exact) mass is 409 g/mol. The average Bonchev–Trinajstić information content (AvgIpc) is 3.05. The summed E-state index contributed by atoms with van der Waals surface area (Å²) in [7, 11) is 1.57. The van der Waals surface area contributed by atoms with Gasteiger partial charge >= 0.3 is 0 Å². The fraction of sp³-hybridized carbons (Fsp3) is 0.227. The second-order valence-electron chi connectivity index (χ2n) is 7.09. The maximum absolute atomic E-state index is 13.2. The molecular weight excluding hydrogens is 390 g/mol. The number of anilines is 1. The molecule has 29 heavy (non-hydrogen) atoms. The lowest BCUT2D eigenvalue weighted by molar-refractivity contribution is -0.116. The Morgan fingerprint density at radius 3 is 2.59 bits per heavy atom. The van der Waals surface area contributed by atoms with Crippen molar-refractivity contribution in [1.82, 2.24) is 9.78 Å². The van der Waals surface area contributed by atoms with Crippen molar-refractivity contribution in [2.75, 3.05) is 12.4 Å². The highest BCUT2D eigenvalue weighted by Gasteiger charge is 2.36. The van der Waals surface area contributed by atoms with Gasteiger partial charge in [0.05, 0.1) is 24.4 Å². The zero-order chi connectivity index (χ0) is 20.7. The van der Waals surface area contributed by atoms with Crippen molar-refractivity contribution in [2.24, 2.45) is 0 Å². The van der Waals surface area contributed by atoms with Gasteiger partial charge in [-0.1, -0.05) is 17.7 Å². The summed E-state index contributed by atoms with van der Waals surface area (Å²) < 4.78 is 6.80. The number of methoxy groups -OCH3 is 1. The Morgan fingerprint density at radius 1 is 1.21 bits per heavy atom. The zero-order valence-electron chi connectivity index (χ0n) is 16.3. The maximum atomic E-state index is 13.2. The van der Waals surface area contributed by atoms with Crippen LogP contribution in [0.5, 0.6) is 5.75 Å². The van der Waals surface area contributed by atoms with E-state index in [4.69, 9.17) is 16.3 Å². The van der Waals surface area contributed by atoms with Gasteiger partial charge in [0.25, 0.3) is 0 Å². The Morgan fingerprint density at radius 2 is 1.93 bits per heavy atom. The van der Waals surface area contributed by atoms with E-state index in [2.05, 4.69) is 10.4 Å². The number of amides is 1. The topological polar surface area (TPSA) is 73.2 Å². The predicted molar refractivity (Wildman–Crippen MR) is 111 cm³/mol. The molecule has 1 N–H and O–H groups in total. The van der Waals surface area contributed by atoms with Crippen molar-refractivity contribution in [3.63, 3.8) is 0 Å². The summed E-state index contributed by atoms with van der Waals surface area (Å²) in [6.45, 7) is 3.76. The largest absolute Gasteiger partial charge is 0.497 e. The molecule has 0 aliphatic carbocycles. The zero-order valence-corrected chi connectivity index (χ0v) is 17.1. The molecule has 2 aromatic carbocycles. The molecule has 7 heteroatoms. The van der Waals surface area contributed by atoms with Crippen LogP contribution in [0.4, 0.5) is 5.82 Å². The lowest BCUT2D eigenvalue weighted by Crippen LogP contribution is -2.28. The van der Waals surface area contributed by atoms with Crippen LogP contribution in [0.2, 0.25) is 5.02 Å². The summed E-state index contributed by atoms with van der Waals surface area (Å²) >= 11 is 6.27. The Hall–Kier alpha value is -3.12. The highest BCUT2D eigenvalue weighted by Crippen LogP contribution is 2.38. The van der Waals surface area contributed by atoms with E-state index >= 15 is 0 Å². The quantitative estimate of drug-likeness (QED) is 0.645. The molecule has 1 aliphatic heterocycles. The number of halogens is 1. The Labute approximate surface area is 173 Å². The smallest absolute Gasteiger partial charge is 0.226 e. The third-order valence-corrected chi connectivity index (χ3v) is 5.60. The van der Waals surface area contributed by atoms with E-state index in [1.807, 2.05) is 26.0 Å². The van der Waals surface area contributed by atoms with Gasteiger partial charge in [0.15, 0.2) is 5.78 Å². The van der Waals surface area contributed by atoms with Crippen LogP contribution in [-0.2, 0) is 4.79 Å². The first-order chi connectivity index (χ1) is 13.9. The van der Waals surface area contributed by atoms with Crippen LogP contribution in [0.1, 0.15) is 39.5 Å². The Bertz CT molecular complexity index is 1120. The first-order valence-corrected chi connectivity index (χ1v) is 9.61. The Kier molecular flexibility index (Phi) is 4.88. The van der Waals surface area contributed by atoms with Crippen molar-refractivity contribution in [3.05, 3.63) is 69.9 Å². The van der Waals surface area contributed by atoms with E-state index in [1.54, 1.807) is 42.1 Å². The van der Waals surface area contributed by atoms with Crippen molar-refractivity contribution < 1.29 is 14.3 Å². The van der Waals surface area contributed by atoms with Crippen molar-refractivity contribution in [1.29, 1.82) is 0 Å². The number of aromatic nitrogens is 2. The molecule has 0 spiro atoms. The highest BCUT2D eigenvalue weighted by molar-refractivity contribution is 6.31. The molecule has 3 aromatic rings. The molecule has 2 heterocycles. The second kappa shape index (κ2) is 7.37. The molecule has 1 atom stereocenters. The summed E-state index contributed by atoms with van der Waals surface area (Å²) in [5.41, 5.74) is 3.64. The van der Waals surface area contributed by atoms with Gasteiger partial charge in [-0.15, -0.1) is 0 Å². The molecule has 1 aromatic heterocycles. The molecule has 4 rings (SSSR count). The van der Waals surface area contributed by atoms with Crippen LogP contribution in [0.15, 0.2) is 42.5 Å². The first kappa shape index (κ1) is 19.2. The standard InChI is InChI=1S/C22H20ClN3O3/c1-12-4-7-15(10-18(12)23)26-22-20(13(2)25-26)17(11-19(27)24-22)21(28)14-5-8-16(29-3)9-6-14/h4-10,17H,11H2,1-3H3,(H,24,27). The minimum Gasteiger partial charge on any atom is -0.497 e. The molecule has 6 nitrogen and oxygen atoms in total. The van der Waals surface area contributed by atoms with Gasteiger partial charge in [-0.25, -0.2) is 4.68 Å². The van der Waals surface area contributed by atoms with Crippen molar-refractivity contribution in [2.45, 2.75) is 26.2 Å². The molecule has 1 aliphatic rings. The summed E-state index contributed by atoms with van der Waals surface area (Å²) in [6, 6.07) is 12.5. The fourth-order valence-corrected chi connectivity index (χ4v) is 3.80. The number of aryl methyl sites for hydroxylation is 2. The van der Waals surface area contributed by atoms with Crippen LogP contribution in [0, 0.1) is 13.8 Å². The van der Waals surface area contributed by atoms with E-state index < -0.39 is 5.92 Å². The molecule has 0 saturated carbocycles. The van der Waals surface area contributed by atoms with Crippen molar-refractivity contribution in [3.8, 4) is 11.4 Å². The van der Waals surface area contributed by atoms with E-state index in [-0.39, 0.29) is 18.1 Å². The van der Waals surface area contributed by atoms with Gasteiger partial charge < -0.3 is 10.1 Å². The van der Waals surface area contributed by atoms with Gasteiger partial charge in [0.1, 0.15) is 11.6 Å². The molecule has 1 amide bonds. The number of carbonyl (C=O) groups is 2. The number of rotatable bonds is 4. The number of hydrogen-bond acceptors (Lipinski definition) is 4. The van der Waals surface area contributed by atoms with E-state index in [1.165, 1.54) is 0 Å². The molecule has 0 radical (unpaired) electrons. The number of benzene rings is 2. The van der Waals surface area contributed by atoms with Gasteiger partial charge in [-0.2, -0.15) is 5.10 Å². The molecule has 0 fully saturated rings. The van der Waals surface area contributed by atoms with E-state index in [0.29, 0.717) is 27.8 Å². The highest BCUT2D eigenvalue weighted by atomic mass is 35.5. The number of ether oxygens (including phenoxy) is 1. The van der Waals surface area contributed by atoms with Crippen LogP contribution in [-0.4, -0.2) is 28.6 Å². The lowest BCUT2D eigenvalue weighted by atomic mass is 9.85. The van der Waals surface area contributed by atoms with Gasteiger partial charge in [0, 0.05) is 22.6 Å². The average molecular weight is 410 g/mol. The number of carbonyl (C=O) groups excluding carboxylic acids is 2. The van der Waals surface area contributed by atoms with Gasteiger partial charge in [-0.3, -0.25) is 9.59 Å². The SMILES string of the molecule is COc1ccc(C(=O)C2CC(=O)Nc3c2c(C)nn3-c2ccc(C)c(Cl)c2)cc1. The van der Waals surface area contributed by atoms with E-state index in [9.17, 15) is 9.59 Å². The van der Waals surface area contributed by atoms with Crippen molar-refractivity contribution >= 4 is 29.1 Å². The molecule has 1 unspecified atom stereocenters. The summed E-state index contributed by atoms with van der Waals surface area (Å²) in [4.78, 5) is 25.7. The van der Waals surface area contributed by atoms with E-state index in [0.717, 1.165) is 16.8 Å². The molecule has 0 bridgehead atoms. The van der Waals surface area contributed by atoms with Gasteiger partial charge in [0.2, 0.25) is 5.91 Å². The maximum Gasteiger partial charge on any atom is 0.226 e. The van der Waals surface area contributed by atoms with Crippen LogP contribution in [0.25, 0.3) is 5.69 Å². The number of fused-ring (bicyclic) bond motifs is 1. The second-order valence-corrected chi connectivity index (χ2v) is 7.50. The van der Waals surface area contributed by atoms with Crippen LogP contribution < -0.4 is 10.1 Å². The summed E-state index contributed by atoms with van der Waals surface area (Å²) in [5.74, 6) is 0.258. The first-order valence-electron chi connectivity index (χ1n) is 9.23. The normalized spacial score (nSPS) is 15.6. The lowest BCUT2D eigenvalue weighted by Gasteiger charge is -2.23. The Balaban J connectivity index is 1.78. The fourth-order valence-electron chi connectivity index (χ4n) is 3.63.